The second kappa shape index (κ2) is 4.81. The highest BCUT2D eigenvalue weighted by atomic mass is 35.5. The van der Waals surface area contributed by atoms with Gasteiger partial charge in [0.2, 0.25) is 5.91 Å². The Labute approximate surface area is 124 Å². The van der Waals surface area contributed by atoms with Gasteiger partial charge in [0, 0.05) is 16.1 Å². The summed E-state index contributed by atoms with van der Waals surface area (Å²) in [5.41, 5.74) is 7.82. The number of H-pyrrole nitrogens is 1. The van der Waals surface area contributed by atoms with Crippen molar-refractivity contribution >= 4 is 40.1 Å². The summed E-state index contributed by atoms with van der Waals surface area (Å²) in [6.07, 6.45) is 0. The van der Waals surface area contributed by atoms with Crippen molar-refractivity contribution in [2.45, 2.75) is 0 Å². The number of amides is 1. The van der Waals surface area contributed by atoms with Crippen LogP contribution in [-0.2, 0) is 0 Å². The van der Waals surface area contributed by atoms with E-state index < -0.39 is 5.91 Å². The summed E-state index contributed by atoms with van der Waals surface area (Å²) in [5.74, 6) is 0.109. The number of fused-ring (bicyclic) bond motifs is 1. The fourth-order valence-corrected chi connectivity index (χ4v) is 2.35. The quantitative estimate of drug-likeness (QED) is 0.758. The largest absolute Gasteiger partial charge is 0.366 e. The predicted molar refractivity (Wildman–Crippen MR) is 80.1 cm³/mol. The molecule has 0 saturated heterocycles. The summed E-state index contributed by atoms with van der Waals surface area (Å²) in [6.45, 7) is 0. The topological polar surface area (TPSA) is 71.8 Å². The molecular weight excluding hydrogens is 297 g/mol. The molecule has 1 amide bonds. The maximum atomic E-state index is 11.2. The van der Waals surface area contributed by atoms with Gasteiger partial charge < -0.3 is 10.7 Å². The van der Waals surface area contributed by atoms with Crippen LogP contribution < -0.4 is 5.73 Å². The van der Waals surface area contributed by atoms with Gasteiger partial charge in [-0.15, -0.1) is 0 Å². The SMILES string of the molecule is NC(=O)c1ccc2nc(-c3cc(Cl)ccc3Cl)[nH]c2c1. The number of carbonyl (C=O) groups excluding carboxylic acids is 1. The van der Waals surface area contributed by atoms with Crippen LogP contribution in [0.25, 0.3) is 22.4 Å². The fourth-order valence-electron chi connectivity index (χ4n) is 1.97. The number of carbonyl (C=O) groups is 1. The van der Waals surface area contributed by atoms with Gasteiger partial charge in [0.1, 0.15) is 5.82 Å². The molecule has 0 unspecified atom stereocenters. The van der Waals surface area contributed by atoms with Crippen LogP contribution in [-0.4, -0.2) is 15.9 Å². The van der Waals surface area contributed by atoms with E-state index in [9.17, 15) is 4.79 Å². The molecule has 20 heavy (non-hydrogen) atoms. The minimum absolute atomic E-state index is 0.421. The van der Waals surface area contributed by atoms with E-state index in [-0.39, 0.29) is 0 Å². The van der Waals surface area contributed by atoms with E-state index in [1.165, 1.54) is 0 Å². The highest BCUT2D eigenvalue weighted by Gasteiger charge is 2.11. The monoisotopic (exact) mass is 305 g/mol. The normalized spacial score (nSPS) is 10.9. The third-order valence-corrected chi connectivity index (χ3v) is 3.51. The molecule has 0 aliphatic carbocycles. The van der Waals surface area contributed by atoms with Crippen LogP contribution in [0.2, 0.25) is 10.0 Å². The Kier molecular flexibility index (Phi) is 3.12. The Morgan fingerprint density at radius 1 is 1.15 bits per heavy atom. The summed E-state index contributed by atoms with van der Waals surface area (Å²) in [6, 6.07) is 10.2. The lowest BCUT2D eigenvalue weighted by atomic mass is 10.2. The number of aromatic amines is 1. The van der Waals surface area contributed by atoms with Crippen LogP contribution in [0.1, 0.15) is 10.4 Å². The molecule has 0 atom stereocenters. The average molecular weight is 306 g/mol. The first-order chi connectivity index (χ1) is 9.54. The van der Waals surface area contributed by atoms with E-state index in [1.54, 1.807) is 36.4 Å². The van der Waals surface area contributed by atoms with E-state index in [2.05, 4.69) is 9.97 Å². The number of hydrogen-bond acceptors (Lipinski definition) is 2. The second-order valence-electron chi connectivity index (χ2n) is 4.31. The first kappa shape index (κ1) is 13.0. The van der Waals surface area contributed by atoms with E-state index >= 15 is 0 Å². The highest BCUT2D eigenvalue weighted by molar-refractivity contribution is 6.35. The Hall–Kier alpha value is -2.04. The third kappa shape index (κ3) is 2.24. The van der Waals surface area contributed by atoms with E-state index in [0.717, 1.165) is 5.52 Å². The van der Waals surface area contributed by atoms with Crippen molar-refractivity contribution in [3.63, 3.8) is 0 Å². The molecule has 0 aliphatic heterocycles. The summed E-state index contributed by atoms with van der Waals surface area (Å²) in [7, 11) is 0. The molecule has 100 valence electrons. The number of nitrogens with two attached hydrogens (primary N) is 1. The Morgan fingerprint density at radius 3 is 2.70 bits per heavy atom. The Balaban J connectivity index is 2.17. The van der Waals surface area contributed by atoms with Gasteiger partial charge in [-0.1, -0.05) is 23.2 Å². The van der Waals surface area contributed by atoms with Crippen molar-refractivity contribution < 1.29 is 4.79 Å². The van der Waals surface area contributed by atoms with Crippen molar-refractivity contribution in [2.75, 3.05) is 0 Å². The average Bonchev–Trinajstić information content (AvgIpc) is 2.83. The predicted octanol–water partition coefficient (Wildman–Crippen LogP) is 3.64. The molecular formula is C14H9Cl2N3O. The van der Waals surface area contributed by atoms with Gasteiger partial charge in [-0.25, -0.2) is 4.98 Å². The van der Waals surface area contributed by atoms with Crippen molar-refractivity contribution in [2.24, 2.45) is 5.73 Å². The molecule has 3 N–H and O–H groups in total. The molecule has 0 spiro atoms. The number of halogens is 2. The van der Waals surface area contributed by atoms with Crippen molar-refractivity contribution in [3.05, 3.63) is 52.0 Å². The zero-order valence-corrected chi connectivity index (χ0v) is 11.7. The van der Waals surface area contributed by atoms with Gasteiger partial charge in [-0.2, -0.15) is 0 Å². The van der Waals surface area contributed by atoms with Crippen molar-refractivity contribution in [1.82, 2.24) is 9.97 Å². The maximum absolute atomic E-state index is 11.2. The zero-order valence-electron chi connectivity index (χ0n) is 10.2. The van der Waals surface area contributed by atoms with Crippen molar-refractivity contribution in [1.29, 1.82) is 0 Å². The number of aromatic nitrogens is 2. The molecule has 1 aromatic heterocycles. The molecule has 3 aromatic rings. The van der Waals surface area contributed by atoms with E-state index in [4.69, 9.17) is 28.9 Å². The van der Waals surface area contributed by atoms with E-state index in [0.29, 0.717) is 32.5 Å². The lowest BCUT2D eigenvalue weighted by Gasteiger charge is -2.00. The van der Waals surface area contributed by atoms with Crippen LogP contribution in [0.3, 0.4) is 0 Å². The number of hydrogen-bond donors (Lipinski definition) is 2. The summed E-state index contributed by atoms with van der Waals surface area (Å²) >= 11 is 12.1. The molecule has 6 heteroatoms. The number of nitrogens with one attached hydrogen (secondary N) is 1. The van der Waals surface area contributed by atoms with Gasteiger partial charge >= 0.3 is 0 Å². The smallest absolute Gasteiger partial charge is 0.248 e. The first-order valence-electron chi connectivity index (χ1n) is 5.79. The summed E-state index contributed by atoms with van der Waals surface area (Å²) in [5, 5.41) is 1.12. The van der Waals surface area contributed by atoms with Crippen LogP contribution in [0.15, 0.2) is 36.4 Å². The molecule has 1 heterocycles. The standard InChI is InChI=1S/C14H9Cl2N3O/c15-8-2-3-10(16)9(6-8)14-18-11-4-1-7(13(17)20)5-12(11)19-14/h1-6H,(H2,17,20)(H,18,19). The first-order valence-corrected chi connectivity index (χ1v) is 6.55. The minimum atomic E-state index is -0.483. The summed E-state index contributed by atoms with van der Waals surface area (Å²) in [4.78, 5) is 18.7. The van der Waals surface area contributed by atoms with Crippen molar-refractivity contribution in [3.8, 4) is 11.4 Å². The lowest BCUT2D eigenvalue weighted by Crippen LogP contribution is -2.10. The zero-order chi connectivity index (χ0) is 14.3. The van der Waals surface area contributed by atoms with Gasteiger partial charge in [0.15, 0.2) is 0 Å². The maximum Gasteiger partial charge on any atom is 0.248 e. The van der Waals surface area contributed by atoms with Crippen LogP contribution >= 0.6 is 23.2 Å². The van der Waals surface area contributed by atoms with Gasteiger partial charge in [-0.3, -0.25) is 4.79 Å². The third-order valence-electron chi connectivity index (χ3n) is 2.95. The van der Waals surface area contributed by atoms with Gasteiger partial charge in [0.25, 0.3) is 0 Å². The molecule has 0 saturated carbocycles. The number of nitrogens with zero attached hydrogens (tertiary/aromatic N) is 1. The summed E-state index contributed by atoms with van der Waals surface area (Å²) < 4.78 is 0. The molecule has 3 rings (SSSR count). The second-order valence-corrected chi connectivity index (χ2v) is 5.15. The molecule has 0 fully saturated rings. The number of imidazole rings is 1. The van der Waals surface area contributed by atoms with Crippen LogP contribution in [0.5, 0.6) is 0 Å². The number of rotatable bonds is 2. The lowest BCUT2D eigenvalue weighted by molar-refractivity contribution is 0.100. The Morgan fingerprint density at radius 2 is 1.95 bits per heavy atom. The van der Waals surface area contributed by atoms with E-state index in [1.807, 2.05) is 0 Å². The molecule has 0 aliphatic rings. The number of primary amides is 1. The molecule has 4 nitrogen and oxygen atoms in total. The molecule has 0 bridgehead atoms. The van der Waals surface area contributed by atoms with Gasteiger partial charge in [0.05, 0.1) is 16.1 Å². The molecule has 0 radical (unpaired) electrons. The minimum Gasteiger partial charge on any atom is -0.366 e. The fraction of sp³-hybridized carbons (Fsp3) is 0. The Bertz CT molecular complexity index is 826. The number of benzene rings is 2. The molecule has 2 aromatic carbocycles. The highest BCUT2D eigenvalue weighted by Crippen LogP contribution is 2.30. The van der Waals surface area contributed by atoms with Gasteiger partial charge in [-0.05, 0) is 36.4 Å². The van der Waals surface area contributed by atoms with Crippen LogP contribution in [0, 0.1) is 0 Å². The van der Waals surface area contributed by atoms with Crippen LogP contribution in [0.4, 0.5) is 0 Å².